The normalized spacial score (nSPS) is 22.1. The average Bonchev–Trinajstić information content (AvgIpc) is 2.95. The van der Waals surface area contributed by atoms with E-state index in [9.17, 15) is 9.18 Å². The van der Waals surface area contributed by atoms with E-state index < -0.39 is 5.54 Å². The van der Waals surface area contributed by atoms with E-state index in [1.807, 2.05) is 47.6 Å². The van der Waals surface area contributed by atoms with Gasteiger partial charge in [-0.15, -0.1) is 0 Å². The Morgan fingerprint density at radius 1 is 1.13 bits per heavy atom. The van der Waals surface area contributed by atoms with Crippen LogP contribution in [0.2, 0.25) is 0 Å². The number of amides is 1. The molecule has 2 aliphatic heterocycles. The Labute approximate surface area is 231 Å². The molecule has 1 amide bonds. The molecule has 2 aliphatic rings. The molecule has 2 heterocycles. The lowest BCUT2D eigenvalue weighted by Gasteiger charge is -2.46. The van der Waals surface area contributed by atoms with Crippen molar-refractivity contribution in [2.75, 3.05) is 19.0 Å². The monoisotopic (exact) mass is 549 g/mol. The van der Waals surface area contributed by atoms with Gasteiger partial charge in [0.1, 0.15) is 11.4 Å². The van der Waals surface area contributed by atoms with Crippen molar-refractivity contribution in [2.24, 2.45) is 21.6 Å². The van der Waals surface area contributed by atoms with Crippen molar-refractivity contribution in [1.82, 2.24) is 0 Å². The molecule has 3 atom stereocenters. The van der Waals surface area contributed by atoms with Crippen molar-refractivity contribution in [3.8, 4) is 0 Å². The number of carbonyl (C=O) groups excluding carboxylic acids is 1. The molecule has 196 valence electrons. The Morgan fingerprint density at radius 2 is 1.82 bits per heavy atom. The minimum atomic E-state index is -0.739. The van der Waals surface area contributed by atoms with E-state index in [1.165, 1.54) is 17.8 Å². The summed E-state index contributed by atoms with van der Waals surface area (Å²) in [6, 6.07) is 25.6. The summed E-state index contributed by atoms with van der Waals surface area (Å²) in [6.45, 7) is 1.39. The number of nitrogens with zero attached hydrogens (tertiary/aromatic N) is 2. The molecule has 38 heavy (non-hydrogen) atoms. The molecular weight excluding hydrogens is 521 g/mol. The molecule has 9 heteroatoms. The van der Waals surface area contributed by atoms with E-state index >= 15 is 0 Å². The van der Waals surface area contributed by atoms with Crippen LogP contribution in [-0.2, 0) is 21.6 Å². The fraction of sp³-hybridized carbons (Fsp3) is 0.276. The first-order valence-electron chi connectivity index (χ1n) is 12.2. The number of hydrogen-bond donors (Lipinski definition) is 1. The van der Waals surface area contributed by atoms with Crippen LogP contribution >= 0.6 is 24.0 Å². The number of fused-ring (bicyclic) bond motifs is 1. The Kier molecular flexibility index (Phi) is 9.92. The molecule has 3 aromatic rings. The van der Waals surface area contributed by atoms with E-state index in [0.717, 1.165) is 17.7 Å². The number of benzene rings is 3. The standard InChI is InChI=1S/C21H23FN2O2S.C8H5NOS/c22-19-9-5-4-8-18(19)21-14-26-17(10-16(21)13-27-20(23)24-21)12-25-11-15-6-2-1-3-7-15;10-8(9-6-11)7-4-2-1-3-5-7/h1-9,16-17H,10-14H2,(H2,23,24);1-5H/t16-,17+,21-;/m0./s1. The Hall–Kier alpha value is -3.20. The highest BCUT2D eigenvalue weighted by Gasteiger charge is 2.49. The number of thioether (sulfide) groups is 1. The van der Waals surface area contributed by atoms with Gasteiger partial charge in [0.25, 0.3) is 5.91 Å². The summed E-state index contributed by atoms with van der Waals surface area (Å²) in [5.41, 5.74) is 7.51. The number of isothiocyanates is 1. The van der Waals surface area contributed by atoms with Crippen molar-refractivity contribution in [2.45, 2.75) is 24.7 Å². The van der Waals surface area contributed by atoms with Crippen LogP contribution < -0.4 is 5.73 Å². The third-order valence-electron chi connectivity index (χ3n) is 6.43. The van der Waals surface area contributed by atoms with E-state index in [1.54, 1.807) is 36.4 Å². The summed E-state index contributed by atoms with van der Waals surface area (Å²) in [6.07, 6.45) is 0.751. The third kappa shape index (κ3) is 7.01. The lowest BCUT2D eigenvalue weighted by Crippen LogP contribution is -2.51. The van der Waals surface area contributed by atoms with Crippen LogP contribution in [0, 0.1) is 11.7 Å². The first-order valence-corrected chi connectivity index (χ1v) is 13.5. The van der Waals surface area contributed by atoms with Gasteiger partial charge >= 0.3 is 0 Å². The molecule has 6 nitrogen and oxygen atoms in total. The Bertz CT molecular complexity index is 1300. The number of amidine groups is 1. The van der Waals surface area contributed by atoms with E-state index in [2.05, 4.69) is 22.2 Å². The van der Waals surface area contributed by atoms with Crippen molar-refractivity contribution >= 4 is 40.2 Å². The molecule has 0 radical (unpaired) electrons. The third-order valence-corrected chi connectivity index (χ3v) is 7.47. The van der Waals surface area contributed by atoms with Gasteiger partial charge in [-0.25, -0.2) is 9.38 Å². The molecule has 2 N–H and O–H groups in total. The molecule has 1 saturated heterocycles. The van der Waals surface area contributed by atoms with Crippen LogP contribution in [0.5, 0.6) is 0 Å². The maximum atomic E-state index is 14.6. The van der Waals surface area contributed by atoms with Crippen molar-refractivity contribution in [1.29, 1.82) is 0 Å². The number of ether oxygens (including phenoxy) is 2. The van der Waals surface area contributed by atoms with Gasteiger partial charge in [-0.1, -0.05) is 78.5 Å². The number of thiocarbonyl (C=S) groups is 1. The second-order valence-corrected chi connectivity index (χ2v) is 10.1. The van der Waals surface area contributed by atoms with Crippen LogP contribution in [0.15, 0.2) is 94.9 Å². The van der Waals surface area contributed by atoms with Crippen LogP contribution in [0.3, 0.4) is 0 Å². The predicted molar refractivity (Wildman–Crippen MR) is 152 cm³/mol. The summed E-state index contributed by atoms with van der Waals surface area (Å²) in [4.78, 5) is 19.0. The molecule has 0 bridgehead atoms. The Balaban J connectivity index is 0.000000257. The first kappa shape index (κ1) is 27.8. The SMILES string of the molecule is NC1=N[C@@]2(c3ccccc3F)CO[C@@H](COCc3ccccc3)C[C@H]2CS1.O=C(N=C=S)c1ccccc1. The quantitative estimate of drug-likeness (QED) is 0.317. The molecule has 0 unspecified atom stereocenters. The highest BCUT2D eigenvalue weighted by molar-refractivity contribution is 8.13. The van der Waals surface area contributed by atoms with Crippen molar-refractivity contribution in [3.05, 3.63) is 107 Å². The molecule has 0 aromatic heterocycles. The van der Waals surface area contributed by atoms with Gasteiger partial charge in [-0.05, 0) is 42.4 Å². The van der Waals surface area contributed by atoms with E-state index in [0.29, 0.717) is 36.1 Å². The number of halogens is 1. The molecule has 3 aromatic carbocycles. The van der Waals surface area contributed by atoms with Gasteiger partial charge in [-0.3, -0.25) is 4.79 Å². The molecular formula is C29H28FN3O3S2. The van der Waals surface area contributed by atoms with Crippen LogP contribution in [0.25, 0.3) is 0 Å². The first-order chi connectivity index (χ1) is 18.5. The number of nitrogens with two attached hydrogens (primary N) is 1. The minimum absolute atomic E-state index is 0.0197. The second kappa shape index (κ2) is 13.6. The maximum Gasteiger partial charge on any atom is 0.285 e. The Morgan fingerprint density at radius 3 is 2.53 bits per heavy atom. The van der Waals surface area contributed by atoms with Gasteiger partial charge < -0.3 is 15.2 Å². The zero-order valence-corrected chi connectivity index (χ0v) is 22.3. The fourth-order valence-electron chi connectivity index (χ4n) is 4.54. The number of hydrogen-bond acceptors (Lipinski definition) is 7. The van der Waals surface area contributed by atoms with Crippen LogP contribution in [-0.4, -0.2) is 41.3 Å². The van der Waals surface area contributed by atoms with Gasteiger partial charge in [0.15, 0.2) is 5.17 Å². The van der Waals surface area contributed by atoms with Crippen LogP contribution in [0.4, 0.5) is 4.39 Å². The zero-order chi connectivity index (χ0) is 26.8. The molecule has 0 aliphatic carbocycles. The average molecular weight is 550 g/mol. The number of aliphatic imine (C=N–C) groups is 2. The zero-order valence-electron chi connectivity index (χ0n) is 20.7. The maximum absolute atomic E-state index is 14.6. The lowest BCUT2D eigenvalue weighted by molar-refractivity contribution is -0.0927. The molecule has 5 rings (SSSR count). The predicted octanol–water partition coefficient (Wildman–Crippen LogP) is 5.63. The lowest BCUT2D eigenvalue weighted by atomic mass is 9.75. The molecule has 0 saturated carbocycles. The highest BCUT2D eigenvalue weighted by Crippen LogP contribution is 2.46. The summed E-state index contributed by atoms with van der Waals surface area (Å²) in [5.74, 6) is 0.363. The summed E-state index contributed by atoms with van der Waals surface area (Å²) in [5, 5.41) is 2.52. The van der Waals surface area contributed by atoms with E-state index in [4.69, 9.17) is 15.2 Å². The largest absolute Gasteiger partial charge is 0.379 e. The van der Waals surface area contributed by atoms with Gasteiger partial charge in [-0.2, -0.15) is 4.99 Å². The van der Waals surface area contributed by atoms with Crippen LogP contribution in [0.1, 0.15) is 27.9 Å². The van der Waals surface area contributed by atoms with E-state index in [-0.39, 0.29) is 23.7 Å². The van der Waals surface area contributed by atoms with Gasteiger partial charge in [0, 0.05) is 22.8 Å². The smallest absolute Gasteiger partial charge is 0.285 e. The minimum Gasteiger partial charge on any atom is -0.379 e. The van der Waals surface area contributed by atoms with Crippen molar-refractivity contribution < 1.29 is 18.7 Å². The summed E-state index contributed by atoms with van der Waals surface area (Å²) >= 11 is 5.83. The van der Waals surface area contributed by atoms with Crippen molar-refractivity contribution in [3.63, 3.8) is 0 Å². The topological polar surface area (TPSA) is 86.3 Å². The summed E-state index contributed by atoms with van der Waals surface area (Å²) in [7, 11) is 0. The molecule has 1 fully saturated rings. The molecule has 0 spiro atoms. The summed E-state index contributed by atoms with van der Waals surface area (Å²) < 4.78 is 26.5. The highest BCUT2D eigenvalue weighted by atomic mass is 32.2. The number of rotatable bonds is 6. The second-order valence-electron chi connectivity index (χ2n) is 8.91. The number of carbonyl (C=O) groups is 1. The van der Waals surface area contributed by atoms with Gasteiger partial charge in [0.05, 0.1) is 31.1 Å². The van der Waals surface area contributed by atoms with Gasteiger partial charge in [0.2, 0.25) is 0 Å². The fourth-order valence-corrected chi connectivity index (χ4v) is 5.64.